The molecule has 0 radical (unpaired) electrons. The number of ether oxygens (including phenoxy) is 3. The molecular weight excluding hydrogens is 448 g/mol. The van der Waals surface area contributed by atoms with Crippen LogP contribution in [0.3, 0.4) is 0 Å². The zero-order valence-corrected chi connectivity index (χ0v) is 21.0. The molecule has 0 unspecified atom stereocenters. The van der Waals surface area contributed by atoms with Crippen LogP contribution in [0.1, 0.15) is 35.6 Å². The summed E-state index contributed by atoms with van der Waals surface area (Å²) < 4.78 is 16.4. The molecule has 1 amide bonds. The number of rotatable bonds is 10. The second-order valence-corrected chi connectivity index (χ2v) is 8.87. The molecule has 1 fully saturated rings. The summed E-state index contributed by atoms with van der Waals surface area (Å²) in [5, 5.41) is 2.93. The average Bonchev–Trinajstić information content (AvgIpc) is 3.15. The number of methoxy groups -OCH3 is 1. The number of anilines is 2. The fraction of sp³-hybridized carbons (Fsp3) is 0.520. The number of likely N-dealkylation sites (N-methyl/N-ethyl adjacent to an activating group) is 1. The summed E-state index contributed by atoms with van der Waals surface area (Å²) >= 11 is 0. The van der Waals surface area contributed by atoms with Gasteiger partial charge in [0.15, 0.2) is 0 Å². The predicted octanol–water partition coefficient (Wildman–Crippen LogP) is 2.27. The number of carbonyl (C=O) groups is 1. The lowest BCUT2D eigenvalue weighted by Gasteiger charge is -2.26. The van der Waals surface area contributed by atoms with Crippen molar-refractivity contribution in [1.82, 2.24) is 19.9 Å². The Labute approximate surface area is 206 Å². The van der Waals surface area contributed by atoms with Gasteiger partial charge < -0.3 is 24.4 Å². The van der Waals surface area contributed by atoms with Crippen LogP contribution in [0.2, 0.25) is 0 Å². The summed E-state index contributed by atoms with van der Waals surface area (Å²) in [5.41, 5.74) is 5.75. The molecule has 0 saturated carbocycles. The Bertz CT molecular complexity index is 1080. The first-order chi connectivity index (χ1) is 16.9. The first-order valence-corrected chi connectivity index (χ1v) is 11.9. The summed E-state index contributed by atoms with van der Waals surface area (Å²) in [4.78, 5) is 30.3. The topological polar surface area (TPSA) is 102 Å². The third-order valence-electron chi connectivity index (χ3n) is 6.39. The highest BCUT2D eigenvalue weighted by Crippen LogP contribution is 2.34. The molecule has 2 heterocycles. The number of nitrogens with zero attached hydrogens (tertiary/aromatic N) is 5. The van der Waals surface area contributed by atoms with Crippen molar-refractivity contribution in [2.45, 2.75) is 20.3 Å². The van der Waals surface area contributed by atoms with Crippen LogP contribution in [0.15, 0.2) is 23.8 Å². The smallest absolute Gasteiger partial charge is 0.322 e. The van der Waals surface area contributed by atoms with Crippen molar-refractivity contribution in [2.24, 2.45) is 0 Å². The first kappa shape index (κ1) is 25.0. The van der Waals surface area contributed by atoms with E-state index in [0.29, 0.717) is 31.4 Å². The van der Waals surface area contributed by atoms with Gasteiger partial charge >= 0.3 is 6.01 Å². The van der Waals surface area contributed by atoms with Crippen LogP contribution in [0, 0.1) is 0 Å². The molecule has 2 aromatic rings. The average molecular weight is 483 g/mol. The molecule has 0 spiro atoms. The van der Waals surface area contributed by atoms with E-state index in [2.05, 4.69) is 45.1 Å². The summed E-state index contributed by atoms with van der Waals surface area (Å²) in [6.07, 6.45) is 0.950. The van der Waals surface area contributed by atoms with Crippen LogP contribution in [-0.2, 0) is 15.9 Å². The van der Waals surface area contributed by atoms with E-state index >= 15 is 0 Å². The number of amides is 1. The molecule has 1 aromatic carbocycles. The molecule has 1 aromatic heterocycles. The zero-order valence-electron chi connectivity index (χ0n) is 21.0. The van der Waals surface area contributed by atoms with Gasteiger partial charge in [0.1, 0.15) is 6.61 Å². The van der Waals surface area contributed by atoms with Crippen molar-refractivity contribution >= 4 is 23.1 Å². The monoisotopic (exact) mass is 482 g/mol. The van der Waals surface area contributed by atoms with E-state index in [9.17, 15) is 4.79 Å². The van der Waals surface area contributed by atoms with Crippen molar-refractivity contribution < 1.29 is 19.0 Å². The van der Waals surface area contributed by atoms with Crippen molar-refractivity contribution in [2.75, 3.05) is 77.0 Å². The number of allylic oxidation sites excluding steroid dienone is 2. The number of hydrogen-bond donors (Lipinski definition) is 1. The van der Waals surface area contributed by atoms with Crippen molar-refractivity contribution in [3.05, 3.63) is 40.7 Å². The molecule has 1 aliphatic heterocycles. The highest BCUT2D eigenvalue weighted by molar-refractivity contribution is 6.02. The Balaban J connectivity index is 1.49. The van der Waals surface area contributed by atoms with Gasteiger partial charge in [0.05, 0.1) is 19.8 Å². The molecule has 10 nitrogen and oxygen atoms in total. The standard InChI is InChI=1S/C25H34N6O4/c1-17-15-19-5-6-20(16-21(19)18(17)2)26-23(32)22-27-24(30(3)7-11-33-4)29-25(28-22)35-14-10-31-8-12-34-13-9-31/h5-6,16H,7-15H2,1-4H3,(H,26,32). The normalized spacial score (nSPS) is 15.8. The SMILES string of the molecule is COCCN(C)c1nc(OCCN2CCOCC2)nc(C(=O)Nc2ccc3c(c2)C(C)=C(C)C3)n1. The predicted molar refractivity (Wildman–Crippen MR) is 134 cm³/mol. The van der Waals surface area contributed by atoms with E-state index in [-0.39, 0.29) is 11.8 Å². The Morgan fingerprint density at radius 1 is 1.17 bits per heavy atom. The minimum atomic E-state index is -0.414. The fourth-order valence-electron chi connectivity index (χ4n) is 4.09. The molecule has 4 rings (SSSR count). The van der Waals surface area contributed by atoms with Crippen LogP contribution in [0.5, 0.6) is 6.01 Å². The largest absolute Gasteiger partial charge is 0.462 e. The van der Waals surface area contributed by atoms with E-state index < -0.39 is 5.91 Å². The highest BCUT2D eigenvalue weighted by Gasteiger charge is 2.20. The van der Waals surface area contributed by atoms with Gasteiger partial charge in [0.25, 0.3) is 5.91 Å². The van der Waals surface area contributed by atoms with Crippen LogP contribution in [0.25, 0.3) is 5.57 Å². The zero-order chi connectivity index (χ0) is 24.8. The molecule has 0 bridgehead atoms. The van der Waals surface area contributed by atoms with E-state index in [1.165, 1.54) is 22.3 Å². The summed E-state index contributed by atoms with van der Waals surface area (Å²) in [6.45, 7) is 9.63. The first-order valence-electron chi connectivity index (χ1n) is 11.9. The van der Waals surface area contributed by atoms with Crippen LogP contribution < -0.4 is 15.0 Å². The van der Waals surface area contributed by atoms with Gasteiger partial charge in [0.2, 0.25) is 11.8 Å². The van der Waals surface area contributed by atoms with Gasteiger partial charge in [-0.1, -0.05) is 11.6 Å². The minimum absolute atomic E-state index is 0.00424. The molecule has 35 heavy (non-hydrogen) atoms. The van der Waals surface area contributed by atoms with E-state index in [0.717, 1.165) is 39.3 Å². The lowest BCUT2D eigenvalue weighted by atomic mass is 10.1. The molecule has 2 aliphatic rings. The molecular formula is C25H34N6O4. The maximum atomic E-state index is 13.1. The van der Waals surface area contributed by atoms with Crippen LogP contribution in [-0.4, -0.2) is 92.5 Å². The van der Waals surface area contributed by atoms with Crippen molar-refractivity contribution in [1.29, 1.82) is 0 Å². The number of nitrogens with one attached hydrogen (secondary N) is 1. The van der Waals surface area contributed by atoms with Gasteiger partial charge in [-0.15, -0.1) is 0 Å². The fourth-order valence-corrected chi connectivity index (χ4v) is 4.09. The number of benzene rings is 1. The summed E-state index contributed by atoms with van der Waals surface area (Å²) in [6, 6.07) is 6.10. The molecule has 0 atom stereocenters. The van der Waals surface area contributed by atoms with Crippen molar-refractivity contribution in [3.63, 3.8) is 0 Å². The number of hydrogen-bond acceptors (Lipinski definition) is 9. The molecule has 10 heteroatoms. The maximum absolute atomic E-state index is 13.1. The second-order valence-electron chi connectivity index (χ2n) is 8.87. The second kappa shape index (κ2) is 11.6. The van der Waals surface area contributed by atoms with Crippen molar-refractivity contribution in [3.8, 4) is 6.01 Å². The maximum Gasteiger partial charge on any atom is 0.322 e. The van der Waals surface area contributed by atoms with Crippen LogP contribution >= 0.6 is 0 Å². The quantitative estimate of drug-likeness (QED) is 0.546. The molecule has 1 N–H and O–H groups in total. The Morgan fingerprint density at radius 3 is 2.74 bits per heavy atom. The van der Waals surface area contributed by atoms with E-state index in [1.807, 2.05) is 24.1 Å². The van der Waals surface area contributed by atoms with Gasteiger partial charge in [-0.3, -0.25) is 9.69 Å². The summed E-state index contributed by atoms with van der Waals surface area (Å²) in [5.74, 6) is -0.0559. The van der Waals surface area contributed by atoms with Gasteiger partial charge in [-0.2, -0.15) is 15.0 Å². The number of carbonyl (C=O) groups excluding carboxylic acids is 1. The number of fused-ring (bicyclic) bond motifs is 1. The van der Waals surface area contributed by atoms with Gasteiger partial charge in [0, 0.05) is 46.0 Å². The lowest BCUT2D eigenvalue weighted by Crippen LogP contribution is -2.38. The van der Waals surface area contributed by atoms with Crippen LogP contribution in [0.4, 0.5) is 11.6 Å². The Hall–Kier alpha value is -3.08. The number of morpholine rings is 1. The minimum Gasteiger partial charge on any atom is -0.462 e. The van der Waals surface area contributed by atoms with Gasteiger partial charge in [-0.25, -0.2) is 0 Å². The Kier molecular flexibility index (Phi) is 8.27. The van der Waals surface area contributed by atoms with E-state index in [4.69, 9.17) is 14.2 Å². The molecule has 1 aliphatic carbocycles. The number of aromatic nitrogens is 3. The molecule has 1 saturated heterocycles. The lowest BCUT2D eigenvalue weighted by molar-refractivity contribution is 0.0317. The van der Waals surface area contributed by atoms with E-state index in [1.54, 1.807) is 7.11 Å². The molecule has 188 valence electrons. The third kappa shape index (κ3) is 6.33. The summed E-state index contributed by atoms with van der Waals surface area (Å²) in [7, 11) is 3.47. The highest BCUT2D eigenvalue weighted by atomic mass is 16.5. The third-order valence-corrected chi connectivity index (χ3v) is 6.39. The van der Waals surface area contributed by atoms with Gasteiger partial charge in [-0.05, 0) is 49.1 Å². The Morgan fingerprint density at radius 2 is 1.97 bits per heavy atom.